The molecule has 120 valence electrons. The van der Waals surface area contributed by atoms with Crippen molar-refractivity contribution in [3.63, 3.8) is 0 Å². The second kappa shape index (κ2) is 5.41. The van der Waals surface area contributed by atoms with E-state index in [1.807, 2.05) is 48.7 Å². The smallest absolute Gasteiger partial charge is 0.185 e. The molecule has 0 aliphatic heterocycles. The molecule has 2 N–H and O–H groups in total. The standard InChI is InChI=1S/C18H13N7/c1-2-7-15-14(6-1)17(24-25-11-21-23-18(15)25)22-20-10-12-9-19-16-8-4-3-5-13(12)16/h1-11,19H,(H,22,24)/b20-10+. The van der Waals surface area contributed by atoms with Crippen LogP contribution in [0.4, 0.5) is 5.82 Å². The predicted molar refractivity (Wildman–Crippen MR) is 97.8 cm³/mol. The van der Waals surface area contributed by atoms with E-state index in [-0.39, 0.29) is 0 Å². The average Bonchev–Trinajstić information content (AvgIpc) is 3.29. The summed E-state index contributed by atoms with van der Waals surface area (Å²) in [6.45, 7) is 0. The van der Waals surface area contributed by atoms with E-state index >= 15 is 0 Å². The van der Waals surface area contributed by atoms with Gasteiger partial charge in [0.05, 0.1) is 6.21 Å². The molecule has 0 unspecified atom stereocenters. The predicted octanol–water partition coefficient (Wildman–Crippen LogP) is 3.20. The Balaban J connectivity index is 1.55. The molecule has 7 heteroatoms. The Morgan fingerprint density at radius 2 is 1.80 bits per heavy atom. The molecule has 7 nitrogen and oxygen atoms in total. The van der Waals surface area contributed by atoms with Crippen LogP contribution < -0.4 is 5.43 Å². The van der Waals surface area contributed by atoms with Gasteiger partial charge >= 0.3 is 0 Å². The molecule has 0 saturated heterocycles. The van der Waals surface area contributed by atoms with E-state index in [0.29, 0.717) is 5.82 Å². The minimum absolute atomic E-state index is 0.652. The van der Waals surface area contributed by atoms with Crippen LogP contribution in [0.15, 0.2) is 66.2 Å². The quantitative estimate of drug-likeness (QED) is 0.394. The third-order valence-electron chi connectivity index (χ3n) is 4.16. The van der Waals surface area contributed by atoms with E-state index in [0.717, 1.165) is 32.9 Å². The normalized spacial score (nSPS) is 11.8. The van der Waals surface area contributed by atoms with Crippen LogP contribution in [0.5, 0.6) is 0 Å². The third-order valence-corrected chi connectivity index (χ3v) is 4.16. The molecule has 5 aromatic rings. The second-order valence-electron chi connectivity index (χ2n) is 5.65. The van der Waals surface area contributed by atoms with Gasteiger partial charge in [-0.3, -0.25) is 5.43 Å². The summed E-state index contributed by atoms with van der Waals surface area (Å²) in [6, 6.07) is 16.0. The van der Waals surface area contributed by atoms with Crippen molar-refractivity contribution in [1.29, 1.82) is 0 Å². The molecule has 0 atom stereocenters. The van der Waals surface area contributed by atoms with Gasteiger partial charge in [-0.05, 0) is 6.07 Å². The van der Waals surface area contributed by atoms with Crippen LogP contribution in [0, 0.1) is 0 Å². The van der Waals surface area contributed by atoms with Crippen molar-refractivity contribution in [2.24, 2.45) is 5.10 Å². The van der Waals surface area contributed by atoms with Crippen LogP contribution in [0.3, 0.4) is 0 Å². The number of aromatic amines is 1. The molecular formula is C18H13N7. The number of nitrogens with one attached hydrogen (secondary N) is 2. The summed E-state index contributed by atoms with van der Waals surface area (Å²) < 4.78 is 1.64. The van der Waals surface area contributed by atoms with E-state index in [1.54, 1.807) is 17.1 Å². The first kappa shape index (κ1) is 13.7. The van der Waals surface area contributed by atoms with Gasteiger partial charge in [-0.25, -0.2) is 0 Å². The van der Waals surface area contributed by atoms with Crippen molar-refractivity contribution in [3.05, 3.63) is 66.6 Å². The van der Waals surface area contributed by atoms with Crippen LogP contribution >= 0.6 is 0 Å². The van der Waals surface area contributed by atoms with Gasteiger partial charge in [-0.1, -0.05) is 42.5 Å². The van der Waals surface area contributed by atoms with Gasteiger partial charge in [0, 0.05) is 33.4 Å². The lowest BCUT2D eigenvalue weighted by atomic mass is 10.2. The average molecular weight is 327 g/mol. The summed E-state index contributed by atoms with van der Waals surface area (Å²) in [4.78, 5) is 3.23. The van der Waals surface area contributed by atoms with Crippen molar-refractivity contribution in [2.75, 3.05) is 5.43 Å². The van der Waals surface area contributed by atoms with Crippen molar-refractivity contribution in [1.82, 2.24) is 24.8 Å². The fraction of sp³-hybridized carbons (Fsp3) is 0. The number of para-hydroxylation sites is 1. The van der Waals surface area contributed by atoms with Crippen molar-refractivity contribution >= 4 is 39.4 Å². The van der Waals surface area contributed by atoms with Gasteiger partial charge in [0.1, 0.15) is 6.33 Å². The number of H-pyrrole nitrogens is 1. The van der Waals surface area contributed by atoms with Gasteiger partial charge in [-0.15, -0.1) is 15.3 Å². The van der Waals surface area contributed by atoms with Gasteiger partial charge in [0.2, 0.25) is 0 Å². The first-order valence-electron chi connectivity index (χ1n) is 7.84. The Hall–Kier alpha value is -3.74. The van der Waals surface area contributed by atoms with Crippen LogP contribution in [-0.4, -0.2) is 31.0 Å². The Kier molecular flexibility index (Phi) is 2.96. The number of fused-ring (bicyclic) bond motifs is 4. The van der Waals surface area contributed by atoms with Gasteiger partial charge < -0.3 is 4.98 Å². The number of benzene rings is 2. The van der Waals surface area contributed by atoms with E-state index in [9.17, 15) is 0 Å². The largest absolute Gasteiger partial charge is 0.361 e. The number of anilines is 1. The molecule has 0 bridgehead atoms. The third kappa shape index (κ3) is 2.21. The lowest BCUT2D eigenvalue weighted by Gasteiger charge is -2.05. The van der Waals surface area contributed by atoms with E-state index in [2.05, 4.69) is 36.9 Å². The van der Waals surface area contributed by atoms with Crippen LogP contribution in [-0.2, 0) is 0 Å². The Labute approximate surface area is 142 Å². The molecular weight excluding hydrogens is 314 g/mol. The Morgan fingerprint density at radius 1 is 1.00 bits per heavy atom. The SMILES string of the molecule is C(=N\Nc1nn2cnnc2c2ccccc12)/c1c[nH]c2ccccc12. The van der Waals surface area contributed by atoms with Crippen molar-refractivity contribution in [2.45, 2.75) is 0 Å². The lowest BCUT2D eigenvalue weighted by molar-refractivity contribution is 0.934. The highest BCUT2D eigenvalue weighted by Gasteiger charge is 2.09. The van der Waals surface area contributed by atoms with Crippen LogP contribution in [0.1, 0.15) is 5.56 Å². The number of nitrogens with zero attached hydrogens (tertiary/aromatic N) is 5. The Morgan fingerprint density at radius 3 is 2.72 bits per heavy atom. The van der Waals surface area contributed by atoms with E-state index in [4.69, 9.17) is 0 Å². The maximum atomic E-state index is 4.50. The monoisotopic (exact) mass is 327 g/mol. The molecule has 5 rings (SSSR count). The summed E-state index contributed by atoms with van der Waals surface area (Å²) in [5, 5.41) is 20.0. The number of hydrogen-bond acceptors (Lipinski definition) is 5. The highest BCUT2D eigenvalue weighted by Crippen LogP contribution is 2.24. The molecule has 0 aliphatic rings. The molecule has 0 radical (unpaired) electrons. The molecule has 0 amide bonds. The molecule has 0 spiro atoms. The van der Waals surface area contributed by atoms with E-state index < -0.39 is 0 Å². The van der Waals surface area contributed by atoms with Crippen LogP contribution in [0.25, 0.3) is 27.3 Å². The topological polar surface area (TPSA) is 83.3 Å². The Bertz CT molecular complexity index is 1230. The summed E-state index contributed by atoms with van der Waals surface area (Å²) >= 11 is 0. The van der Waals surface area contributed by atoms with Gasteiger partial charge in [0.15, 0.2) is 11.5 Å². The first-order valence-corrected chi connectivity index (χ1v) is 7.84. The summed E-state index contributed by atoms with van der Waals surface area (Å²) in [5.41, 5.74) is 5.86. The molecule has 3 heterocycles. The van der Waals surface area contributed by atoms with Gasteiger partial charge in [-0.2, -0.15) is 9.62 Å². The number of aromatic nitrogens is 5. The zero-order chi connectivity index (χ0) is 16.6. The molecule has 2 aromatic carbocycles. The maximum Gasteiger partial charge on any atom is 0.185 e. The molecule has 3 aromatic heterocycles. The highest BCUT2D eigenvalue weighted by atomic mass is 15.4. The molecule has 0 aliphatic carbocycles. The van der Waals surface area contributed by atoms with Crippen molar-refractivity contribution in [3.8, 4) is 0 Å². The fourth-order valence-corrected chi connectivity index (χ4v) is 2.97. The molecule has 0 fully saturated rings. The second-order valence-corrected chi connectivity index (χ2v) is 5.65. The first-order chi connectivity index (χ1) is 12.4. The maximum absolute atomic E-state index is 4.50. The molecule has 25 heavy (non-hydrogen) atoms. The number of rotatable bonds is 3. The van der Waals surface area contributed by atoms with Gasteiger partial charge in [0.25, 0.3) is 0 Å². The summed E-state index contributed by atoms with van der Waals surface area (Å²) in [7, 11) is 0. The number of hydrogen-bond donors (Lipinski definition) is 2. The minimum Gasteiger partial charge on any atom is -0.361 e. The van der Waals surface area contributed by atoms with Crippen LogP contribution in [0.2, 0.25) is 0 Å². The van der Waals surface area contributed by atoms with Crippen molar-refractivity contribution < 1.29 is 0 Å². The summed E-state index contributed by atoms with van der Waals surface area (Å²) in [5.74, 6) is 0.652. The lowest BCUT2D eigenvalue weighted by Crippen LogP contribution is -2.00. The fourth-order valence-electron chi connectivity index (χ4n) is 2.97. The number of hydrazone groups is 1. The zero-order valence-corrected chi connectivity index (χ0v) is 13.1. The highest BCUT2D eigenvalue weighted by molar-refractivity contribution is 6.01. The summed E-state index contributed by atoms with van der Waals surface area (Å²) in [6.07, 6.45) is 5.30. The molecule has 0 saturated carbocycles. The zero-order valence-electron chi connectivity index (χ0n) is 13.1. The minimum atomic E-state index is 0.652. The van der Waals surface area contributed by atoms with E-state index in [1.165, 1.54) is 0 Å².